The fraction of sp³-hybridized carbons (Fsp3) is 0.269. The molecule has 6 heteroatoms. The number of para-hydroxylation sites is 1. The van der Waals surface area contributed by atoms with Gasteiger partial charge in [0.25, 0.3) is 10.0 Å². The van der Waals surface area contributed by atoms with Crippen LogP contribution in [0.1, 0.15) is 34.7 Å². The Morgan fingerprint density at radius 3 is 2.19 bits per heavy atom. The van der Waals surface area contributed by atoms with E-state index in [4.69, 9.17) is 0 Å². The number of aryl methyl sites for hydroxylation is 5. The number of amides is 1. The molecule has 3 aromatic rings. The molecule has 168 valence electrons. The van der Waals surface area contributed by atoms with Crippen molar-refractivity contribution in [1.82, 2.24) is 0 Å². The summed E-state index contributed by atoms with van der Waals surface area (Å²) in [7, 11) is -3.94. The summed E-state index contributed by atoms with van der Waals surface area (Å²) in [5, 5.41) is 2.94. The van der Waals surface area contributed by atoms with Gasteiger partial charge in [-0.15, -0.1) is 0 Å². The highest BCUT2D eigenvalue weighted by Crippen LogP contribution is 2.27. The molecule has 3 rings (SSSR count). The molecule has 0 aliphatic carbocycles. The second kappa shape index (κ2) is 9.57. The minimum Gasteiger partial charge on any atom is -0.324 e. The molecule has 0 aliphatic heterocycles. The number of carbonyl (C=O) groups excluding carboxylic acids is 1. The third-order valence-corrected chi connectivity index (χ3v) is 7.47. The zero-order valence-electron chi connectivity index (χ0n) is 19.3. The molecule has 0 unspecified atom stereocenters. The lowest BCUT2D eigenvalue weighted by molar-refractivity contribution is -0.114. The van der Waals surface area contributed by atoms with Crippen molar-refractivity contribution in [3.8, 4) is 0 Å². The van der Waals surface area contributed by atoms with Crippen molar-refractivity contribution >= 4 is 27.3 Å². The molecule has 1 N–H and O–H groups in total. The highest BCUT2D eigenvalue weighted by Gasteiger charge is 2.28. The SMILES string of the molecule is CCc1cccc(C)c1NC(=O)CN(c1ccc(C)c(C)c1)S(=O)(=O)c1ccc(C)cc1. The molecule has 0 radical (unpaired) electrons. The summed E-state index contributed by atoms with van der Waals surface area (Å²) in [5.74, 6) is -0.386. The maximum Gasteiger partial charge on any atom is 0.264 e. The predicted octanol–water partition coefficient (Wildman–Crippen LogP) is 5.32. The van der Waals surface area contributed by atoms with E-state index in [1.165, 1.54) is 4.31 Å². The van der Waals surface area contributed by atoms with Crippen molar-refractivity contribution < 1.29 is 13.2 Å². The van der Waals surface area contributed by atoms with E-state index in [9.17, 15) is 13.2 Å². The third kappa shape index (κ3) is 5.02. The number of hydrogen-bond donors (Lipinski definition) is 1. The minimum absolute atomic E-state index is 0.152. The van der Waals surface area contributed by atoms with Crippen molar-refractivity contribution in [3.63, 3.8) is 0 Å². The van der Waals surface area contributed by atoms with Gasteiger partial charge >= 0.3 is 0 Å². The predicted molar refractivity (Wildman–Crippen MR) is 131 cm³/mol. The number of nitrogens with one attached hydrogen (secondary N) is 1. The fourth-order valence-corrected chi connectivity index (χ4v) is 4.96. The van der Waals surface area contributed by atoms with E-state index in [0.29, 0.717) is 5.69 Å². The Hall–Kier alpha value is -3.12. The first kappa shape index (κ1) is 23.5. The van der Waals surface area contributed by atoms with Crippen LogP contribution in [0.4, 0.5) is 11.4 Å². The van der Waals surface area contributed by atoms with E-state index < -0.39 is 10.0 Å². The van der Waals surface area contributed by atoms with Gasteiger partial charge in [0.1, 0.15) is 6.54 Å². The maximum absolute atomic E-state index is 13.6. The zero-order valence-corrected chi connectivity index (χ0v) is 20.1. The summed E-state index contributed by atoms with van der Waals surface area (Å²) in [6, 6.07) is 17.9. The van der Waals surface area contributed by atoms with Gasteiger partial charge in [0.05, 0.1) is 10.6 Å². The van der Waals surface area contributed by atoms with Crippen LogP contribution in [-0.2, 0) is 21.2 Å². The summed E-state index contributed by atoms with van der Waals surface area (Å²) >= 11 is 0. The molecule has 32 heavy (non-hydrogen) atoms. The van der Waals surface area contributed by atoms with Gasteiger partial charge in [0.2, 0.25) is 5.91 Å². The molecule has 1 amide bonds. The molecule has 0 aliphatic rings. The van der Waals surface area contributed by atoms with Crippen molar-refractivity contribution in [2.45, 2.75) is 45.9 Å². The van der Waals surface area contributed by atoms with Gasteiger partial charge in [-0.2, -0.15) is 0 Å². The van der Waals surface area contributed by atoms with Crippen LogP contribution in [0, 0.1) is 27.7 Å². The average Bonchev–Trinajstić information content (AvgIpc) is 2.75. The smallest absolute Gasteiger partial charge is 0.264 e. The lowest BCUT2D eigenvalue weighted by atomic mass is 10.1. The Kier molecular flexibility index (Phi) is 7.04. The second-order valence-corrected chi connectivity index (χ2v) is 9.97. The molecule has 0 saturated heterocycles. The van der Waals surface area contributed by atoms with Crippen LogP contribution < -0.4 is 9.62 Å². The Morgan fingerprint density at radius 1 is 0.875 bits per heavy atom. The topological polar surface area (TPSA) is 66.5 Å². The monoisotopic (exact) mass is 450 g/mol. The lowest BCUT2D eigenvalue weighted by Crippen LogP contribution is -2.38. The molecular weight excluding hydrogens is 420 g/mol. The first-order chi connectivity index (χ1) is 15.1. The molecular formula is C26H30N2O3S. The van der Waals surface area contributed by atoms with E-state index in [2.05, 4.69) is 5.32 Å². The maximum atomic E-state index is 13.6. The largest absolute Gasteiger partial charge is 0.324 e. The van der Waals surface area contributed by atoms with Gasteiger partial charge in [0.15, 0.2) is 0 Å². The summed E-state index contributed by atoms with van der Waals surface area (Å²) in [5.41, 5.74) is 6.13. The number of sulfonamides is 1. The molecule has 0 saturated carbocycles. The number of nitrogens with zero attached hydrogens (tertiary/aromatic N) is 1. The number of benzene rings is 3. The zero-order chi connectivity index (χ0) is 23.5. The highest BCUT2D eigenvalue weighted by atomic mass is 32.2. The van der Waals surface area contributed by atoms with Crippen LogP contribution in [0.3, 0.4) is 0 Å². The molecule has 3 aromatic carbocycles. The first-order valence-corrected chi connectivity index (χ1v) is 12.1. The number of anilines is 2. The number of rotatable bonds is 7. The van der Waals surface area contributed by atoms with Gasteiger partial charge in [-0.25, -0.2) is 8.42 Å². The standard InChI is InChI=1S/C26H30N2O3S/c1-6-22-9-7-8-20(4)26(22)27-25(29)17-28(23-13-12-19(3)21(5)16-23)32(30,31)24-14-10-18(2)11-15-24/h7-16H,6,17H2,1-5H3,(H,27,29). The van der Waals surface area contributed by atoms with E-state index in [0.717, 1.165) is 39.9 Å². The third-order valence-electron chi connectivity index (χ3n) is 5.68. The normalized spacial score (nSPS) is 11.3. The Balaban J connectivity index is 2.00. The van der Waals surface area contributed by atoms with Crippen molar-refractivity contribution in [3.05, 3.63) is 88.5 Å². The number of carbonyl (C=O) groups is 1. The van der Waals surface area contributed by atoms with Gasteiger partial charge in [-0.3, -0.25) is 9.10 Å². The van der Waals surface area contributed by atoms with Gasteiger partial charge in [0, 0.05) is 5.69 Å². The molecule has 0 atom stereocenters. The van der Waals surface area contributed by atoms with Crippen LogP contribution >= 0.6 is 0 Å². The second-order valence-electron chi connectivity index (χ2n) is 8.10. The van der Waals surface area contributed by atoms with Crippen molar-refractivity contribution in [1.29, 1.82) is 0 Å². The van der Waals surface area contributed by atoms with Crippen molar-refractivity contribution in [2.75, 3.05) is 16.2 Å². The Labute approximate surface area is 191 Å². The lowest BCUT2D eigenvalue weighted by Gasteiger charge is -2.25. The molecule has 5 nitrogen and oxygen atoms in total. The molecule has 0 bridgehead atoms. The Bertz CT molecular complexity index is 1230. The molecule has 0 aromatic heterocycles. The van der Waals surface area contributed by atoms with E-state index in [-0.39, 0.29) is 17.3 Å². The summed E-state index contributed by atoms with van der Waals surface area (Å²) in [6.45, 7) is 9.42. The fourth-order valence-electron chi connectivity index (χ4n) is 3.54. The molecule has 0 spiro atoms. The van der Waals surface area contributed by atoms with Gasteiger partial charge < -0.3 is 5.32 Å². The highest BCUT2D eigenvalue weighted by molar-refractivity contribution is 7.92. The Morgan fingerprint density at radius 2 is 1.56 bits per heavy atom. The summed E-state index contributed by atoms with van der Waals surface area (Å²) in [4.78, 5) is 13.2. The average molecular weight is 451 g/mol. The van der Waals surface area contributed by atoms with Crippen LogP contribution in [0.5, 0.6) is 0 Å². The minimum atomic E-state index is -3.94. The van der Waals surface area contributed by atoms with E-state index >= 15 is 0 Å². The van der Waals surface area contributed by atoms with Gasteiger partial charge in [-0.05, 0) is 80.6 Å². The molecule has 0 fully saturated rings. The molecule has 0 heterocycles. The van der Waals surface area contributed by atoms with E-state index in [1.54, 1.807) is 36.4 Å². The van der Waals surface area contributed by atoms with Crippen LogP contribution in [0.25, 0.3) is 0 Å². The van der Waals surface area contributed by atoms with E-state index in [1.807, 2.05) is 58.9 Å². The quantitative estimate of drug-likeness (QED) is 0.530. The van der Waals surface area contributed by atoms with Gasteiger partial charge in [-0.1, -0.05) is 48.9 Å². The van der Waals surface area contributed by atoms with Crippen LogP contribution in [-0.4, -0.2) is 20.9 Å². The summed E-state index contributed by atoms with van der Waals surface area (Å²) in [6.07, 6.45) is 0.764. The van der Waals surface area contributed by atoms with Crippen LogP contribution in [0.2, 0.25) is 0 Å². The summed E-state index contributed by atoms with van der Waals surface area (Å²) < 4.78 is 28.3. The van der Waals surface area contributed by atoms with Crippen molar-refractivity contribution in [2.24, 2.45) is 0 Å². The first-order valence-electron chi connectivity index (χ1n) is 10.7. The number of hydrogen-bond acceptors (Lipinski definition) is 3. The van der Waals surface area contributed by atoms with Crippen LogP contribution in [0.15, 0.2) is 65.6 Å².